The van der Waals surface area contributed by atoms with Gasteiger partial charge in [-0.2, -0.15) is 0 Å². The molecule has 2 fully saturated rings. The maximum absolute atomic E-state index is 11.2. The summed E-state index contributed by atoms with van der Waals surface area (Å²) >= 11 is 0. The van der Waals surface area contributed by atoms with Crippen molar-refractivity contribution >= 4 is 11.5 Å². The van der Waals surface area contributed by atoms with Gasteiger partial charge in [0.2, 0.25) is 5.82 Å². The SMILES string of the molecule is CN1CCCCC1CN1CCN(c2ncccc2[N+](=O)[O-])CC1. The molecule has 1 atom stereocenters. The van der Waals surface area contributed by atoms with Gasteiger partial charge in [0, 0.05) is 51.0 Å². The first kappa shape index (κ1) is 16.1. The molecular weight excluding hydrogens is 294 g/mol. The third kappa shape index (κ3) is 3.79. The van der Waals surface area contributed by atoms with Crippen LogP contribution in [0.2, 0.25) is 0 Å². The Balaban J connectivity index is 1.57. The van der Waals surface area contributed by atoms with Crippen molar-refractivity contribution in [2.24, 2.45) is 0 Å². The van der Waals surface area contributed by atoms with E-state index < -0.39 is 0 Å². The van der Waals surface area contributed by atoms with E-state index in [1.54, 1.807) is 12.3 Å². The van der Waals surface area contributed by atoms with E-state index in [1.807, 2.05) is 4.90 Å². The van der Waals surface area contributed by atoms with Crippen LogP contribution in [0.1, 0.15) is 19.3 Å². The Labute approximate surface area is 137 Å². The van der Waals surface area contributed by atoms with Gasteiger partial charge in [-0.15, -0.1) is 0 Å². The third-order valence-electron chi connectivity index (χ3n) is 5.03. The monoisotopic (exact) mass is 319 g/mol. The second-order valence-electron chi connectivity index (χ2n) is 6.52. The normalized spacial score (nSPS) is 23.9. The summed E-state index contributed by atoms with van der Waals surface area (Å²) in [4.78, 5) is 22.0. The number of piperidine rings is 1. The summed E-state index contributed by atoms with van der Waals surface area (Å²) in [6.45, 7) is 5.79. The van der Waals surface area contributed by atoms with Crippen molar-refractivity contribution in [1.82, 2.24) is 14.8 Å². The second-order valence-corrected chi connectivity index (χ2v) is 6.52. The van der Waals surface area contributed by atoms with Gasteiger partial charge >= 0.3 is 5.69 Å². The number of rotatable bonds is 4. The van der Waals surface area contributed by atoms with Crippen LogP contribution < -0.4 is 4.90 Å². The van der Waals surface area contributed by atoms with Crippen LogP contribution in [0.15, 0.2) is 18.3 Å². The summed E-state index contributed by atoms with van der Waals surface area (Å²) in [6, 6.07) is 3.81. The highest BCUT2D eigenvalue weighted by molar-refractivity contribution is 5.57. The number of anilines is 1. The zero-order chi connectivity index (χ0) is 16.2. The smallest absolute Gasteiger partial charge is 0.311 e. The minimum atomic E-state index is -0.342. The number of piperazine rings is 1. The topological polar surface area (TPSA) is 65.8 Å². The van der Waals surface area contributed by atoms with Crippen LogP contribution in [0.3, 0.4) is 0 Å². The van der Waals surface area contributed by atoms with Crippen molar-refractivity contribution in [1.29, 1.82) is 0 Å². The first-order valence-electron chi connectivity index (χ1n) is 8.42. The van der Waals surface area contributed by atoms with Gasteiger partial charge in [0.05, 0.1) is 4.92 Å². The Morgan fingerprint density at radius 2 is 2.04 bits per heavy atom. The molecule has 23 heavy (non-hydrogen) atoms. The Kier molecular flexibility index (Phi) is 5.07. The fraction of sp³-hybridized carbons (Fsp3) is 0.688. The Hall–Kier alpha value is -1.73. The van der Waals surface area contributed by atoms with E-state index in [2.05, 4.69) is 21.8 Å². The summed E-state index contributed by atoms with van der Waals surface area (Å²) in [5, 5.41) is 11.2. The first-order valence-corrected chi connectivity index (χ1v) is 8.42. The van der Waals surface area contributed by atoms with Crippen molar-refractivity contribution in [3.8, 4) is 0 Å². The molecule has 0 saturated carbocycles. The molecule has 1 aromatic rings. The molecule has 2 aliphatic heterocycles. The van der Waals surface area contributed by atoms with E-state index in [1.165, 1.54) is 31.9 Å². The fourth-order valence-corrected chi connectivity index (χ4v) is 3.59. The Morgan fingerprint density at radius 3 is 2.74 bits per heavy atom. The van der Waals surface area contributed by atoms with Crippen molar-refractivity contribution < 1.29 is 4.92 Å². The van der Waals surface area contributed by atoms with Gasteiger partial charge in [0.15, 0.2) is 0 Å². The molecule has 0 bridgehead atoms. The number of hydrogen-bond acceptors (Lipinski definition) is 6. The Morgan fingerprint density at radius 1 is 1.26 bits per heavy atom. The minimum absolute atomic E-state index is 0.105. The number of likely N-dealkylation sites (tertiary alicyclic amines) is 1. The highest BCUT2D eigenvalue weighted by Crippen LogP contribution is 2.26. The molecule has 2 aliphatic rings. The number of nitrogens with zero attached hydrogens (tertiary/aromatic N) is 5. The van der Waals surface area contributed by atoms with Crippen LogP contribution in [0.4, 0.5) is 11.5 Å². The molecule has 1 unspecified atom stereocenters. The molecule has 0 spiro atoms. The number of nitro groups is 1. The van der Waals surface area contributed by atoms with Crippen LogP contribution in [0.25, 0.3) is 0 Å². The van der Waals surface area contributed by atoms with Crippen molar-refractivity contribution in [3.05, 3.63) is 28.4 Å². The number of aromatic nitrogens is 1. The van der Waals surface area contributed by atoms with Crippen molar-refractivity contribution in [3.63, 3.8) is 0 Å². The lowest BCUT2D eigenvalue weighted by atomic mass is 10.0. The lowest BCUT2D eigenvalue weighted by molar-refractivity contribution is -0.384. The van der Waals surface area contributed by atoms with Crippen molar-refractivity contribution in [2.45, 2.75) is 25.3 Å². The summed E-state index contributed by atoms with van der Waals surface area (Å²) < 4.78 is 0. The second kappa shape index (κ2) is 7.23. The van der Waals surface area contributed by atoms with Crippen molar-refractivity contribution in [2.75, 3.05) is 51.2 Å². The van der Waals surface area contributed by atoms with E-state index in [0.717, 1.165) is 32.7 Å². The average molecular weight is 319 g/mol. The lowest BCUT2D eigenvalue weighted by Gasteiger charge is -2.40. The van der Waals surface area contributed by atoms with Gasteiger partial charge in [-0.1, -0.05) is 6.42 Å². The molecular formula is C16H25N5O2. The molecule has 0 aromatic carbocycles. The van der Waals surface area contributed by atoms with E-state index in [0.29, 0.717) is 11.9 Å². The van der Waals surface area contributed by atoms with Gasteiger partial charge in [0.25, 0.3) is 0 Å². The predicted molar refractivity (Wildman–Crippen MR) is 89.8 cm³/mol. The maximum atomic E-state index is 11.2. The van der Waals surface area contributed by atoms with Gasteiger partial charge in [0.1, 0.15) is 0 Å². The molecule has 3 rings (SSSR count). The number of hydrogen-bond donors (Lipinski definition) is 0. The lowest BCUT2D eigenvalue weighted by Crippen LogP contribution is -2.52. The molecule has 0 N–H and O–H groups in total. The van der Waals surface area contributed by atoms with E-state index >= 15 is 0 Å². The molecule has 1 aromatic heterocycles. The van der Waals surface area contributed by atoms with E-state index in [-0.39, 0.29) is 10.6 Å². The third-order valence-corrected chi connectivity index (χ3v) is 5.03. The average Bonchev–Trinajstić information content (AvgIpc) is 2.58. The van der Waals surface area contributed by atoms with Gasteiger partial charge in [-0.05, 0) is 32.5 Å². The van der Waals surface area contributed by atoms with Crippen LogP contribution >= 0.6 is 0 Å². The standard InChI is InChI=1S/C16H25N5O2/c1-18-8-3-2-5-14(18)13-19-9-11-20(12-10-19)16-15(21(22)23)6-4-7-17-16/h4,6-7,14H,2-3,5,8-13H2,1H3. The zero-order valence-corrected chi connectivity index (χ0v) is 13.7. The minimum Gasteiger partial charge on any atom is -0.348 e. The van der Waals surface area contributed by atoms with Gasteiger partial charge in [-0.25, -0.2) is 4.98 Å². The molecule has 126 valence electrons. The summed E-state index contributed by atoms with van der Waals surface area (Å²) in [5.74, 6) is 0.506. The number of likely N-dealkylation sites (N-methyl/N-ethyl adjacent to an activating group) is 1. The first-order chi connectivity index (χ1) is 11.1. The molecule has 2 saturated heterocycles. The van der Waals surface area contributed by atoms with Gasteiger partial charge in [-0.3, -0.25) is 15.0 Å². The van der Waals surface area contributed by atoms with E-state index in [9.17, 15) is 10.1 Å². The molecule has 3 heterocycles. The molecule has 0 radical (unpaired) electrons. The van der Waals surface area contributed by atoms with Crippen LogP contribution in [0.5, 0.6) is 0 Å². The van der Waals surface area contributed by atoms with Gasteiger partial charge < -0.3 is 9.80 Å². The number of pyridine rings is 1. The highest BCUT2D eigenvalue weighted by Gasteiger charge is 2.27. The molecule has 0 aliphatic carbocycles. The quantitative estimate of drug-likeness (QED) is 0.620. The fourth-order valence-electron chi connectivity index (χ4n) is 3.59. The highest BCUT2D eigenvalue weighted by atomic mass is 16.6. The molecule has 0 amide bonds. The summed E-state index contributed by atoms with van der Waals surface area (Å²) in [5.41, 5.74) is 0.105. The van der Waals surface area contributed by atoms with E-state index in [4.69, 9.17) is 0 Å². The molecule has 7 heteroatoms. The zero-order valence-electron chi connectivity index (χ0n) is 13.7. The van der Waals surface area contributed by atoms with Crippen LogP contribution in [-0.2, 0) is 0 Å². The summed E-state index contributed by atoms with van der Waals surface area (Å²) in [7, 11) is 2.22. The molecule has 7 nitrogen and oxygen atoms in total. The van der Waals surface area contributed by atoms with Crippen LogP contribution in [0, 0.1) is 10.1 Å². The predicted octanol–water partition coefficient (Wildman–Crippen LogP) is 1.60. The largest absolute Gasteiger partial charge is 0.348 e. The Bertz CT molecular complexity index is 545. The van der Waals surface area contributed by atoms with Crippen LogP contribution in [-0.4, -0.2) is 72.1 Å². The maximum Gasteiger partial charge on any atom is 0.311 e. The summed E-state index contributed by atoms with van der Waals surface area (Å²) in [6.07, 6.45) is 5.55.